The largest absolute Gasteiger partial charge is 0.364 e. The summed E-state index contributed by atoms with van der Waals surface area (Å²) in [5.41, 5.74) is 3.86. The molecule has 0 saturated carbocycles. The molecule has 4 amide bonds. The highest BCUT2D eigenvalue weighted by molar-refractivity contribution is 6.39. The van der Waals surface area contributed by atoms with Crippen molar-refractivity contribution < 1.29 is 18.8 Å². The van der Waals surface area contributed by atoms with Gasteiger partial charge in [0.25, 0.3) is 11.8 Å². The lowest BCUT2D eigenvalue weighted by Crippen LogP contribution is -2.54. The van der Waals surface area contributed by atoms with Gasteiger partial charge in [-0.15, -0.1) is 0 Å². The van der Waals surface area contributed by atoms with Gasteiger partial charge in [-0.25, -0.2) is 14.1 Å². The van der Waals surface area contributed by atoms with Crippen molar-refractivity contribution >= 4 is 35.3 Å². The molecule has 2 heterocycles. The van der Waals surface area contributed by atoms with E-state index in [1.165, 1.54) is 24.3 Å². The Bertz CT molecular complexity index is 1230. The van der Waals surface area contributed by atoms with Crippen molar-refractivity contribution in [3.05, 3.63) is 64.5 Å². The van der Waals surface area contributed by atoms with Gasteiger partial charge in [-0.2, -0.15) is 0 Å². The van der Waals surface area contributed by atoms with E-state index in [0.717, 1.165) is 39.8 Å². The number of halogens is 1. The number of imide groups is 2. The van der Waals surface area contributed by atoms with Gasteiger partial charge in [0.1, 0.15) is 11.4 Å². The van der Waals surface area contributed by atoms with Gasteiger partial charge >= 0.3 is 6.03 Å². The molecule has 4 rings (SSSR count). The molecule has 6 nitrogen and oxygen atoms in total. The molecule has 0 radical (unpaired) electrons. The summed E-state index contributed by atoms with van der Waals surface area (Å²) in [6, 6.07) is 8.71. The average Bonchev–Trinajstić information content (AvgIpc) is 2.70. The lowest BCUT2D eigenvalue weighted by Gasteiger charge is -2.50. The van der Waals surface area contributed by atoms with Crippen molar-refractivity contribution in [2.75, 3.05) is 9.80 Å². The number of aryl methyl sites for hydroxylation is 1. The van der Waals surface area contributed by atoms with Gasteiger partial charge in [0, 0.05) is 17.3 Å². The normalized spacial score (nSPS) is 21.2. The van der Waals surface area contributed by atoms with Crippen LogP contribution in [0.2, 0.25) is 0 Å². The first-order chi connectivity index (χ1) is 15.9. The van der Waals surface area contributed by atoms with Crippen molar-refractivity contribution in [1.82, 2.24) is 5.32 Å². The van der Waals surface area contributed by atoms with E-state index in [1.54, 1.807) is 0 Å². The van der Waals surface area contributed by atoms with Crippen molar-refractivity contribution in [2.24, 2.45) is 0 Å². The third kappa shape index (κ3) is 4.00. The summed E-state index contributed by atoms with van der Waals surface area (Å²) in [5, 5.41) is 2.20. The summed E-state index contributed by atoms with van der Waals surface area (Å²) in [5.74, 6) is -1.84. The van der Waals surface area contributed by atoms with E-state index in [-0.39, 0.29) is 16.8 Å². The maximum absolute atomic E-state index is 13.7. The number of amides is 4. The maximum atomic E-state index is 13.7. The van der Waals surface area contributed by atoms with E-state index in [1.807, 2.05) is 13.0 Å². The summed E-state index contributed by atoms with van der Waals surface area (Å²) in [6.07, 6.45) is 2.50. The molecule has 0 spiro atoms. The van der Waals surface area contributed by atoms with E-state index >= 15 is 0 Å². The average molecular weight is 464 g/mol. The van der Waals surface area contributed by atoms with E-state index in [0.29, 0.717) is 12.0 Å². The van der Waals surface area contributed by atoms with E-state index in [2.05, 4.69) is 50.9 Å². The van der Waals surface area contributed by atoms with Crippen LogP contribution < -0.4 is 15.1 Å². The number of fused-ring (bicyclic) bond motifs is 1. The second-order valence-electron chi connectivity index (χ2n) is 10.1. The Morgan fingerprint density at radius 1 is 1.15 bits per heavy atom. The van der Waals surface area contributed by atoms with Gasteiger partial charge in [-0.1, -0.05) is 13.0 Å². The molecule has 0 aromatic heterocycles. The van der Waals surface area contributed by atoms with Crippen LogP contribution in [0.25, 0.3) is 6.08 Å². The Labute approximate surface area is 199 Å². The number of rotatable bonds is 3. The summed E-state index contributed by atoms with van der Waals surface area (Å²) in [7, 11) is 0. The van der Waals surface area contributed by atoms with Gasteiger partial charge in [-0.3, -0.25) is 14.9 Å². The Morgan fingerprint density at radius 3 is 2.50 bits per heavy atom. The standard InChI is InChI=1S/C27H30FN3O3/c1-15(2)31-23-10-16(3)18(11-21(23)17(4)14-27(31,5)6)12-22-24(32)29-26(34)30(25(22)33)20-9-7-8-19(28)13-20/h7-13,15,17H,14H2,1-6H3,(H,29,32,34)/b22-12+/t17-/m0/s1. The topological polar surface area (TPSA) is 69.7 Å². The highest BCUT2D eigenvalue weighted by atomic mass is 19.1. The molecular formula is C27H30FN3O3. The molecule has 1 atom stereocenters. The number of nitrogens with one attached hydrogen (secondary N) is 1. The molecule has 178 valence electrons. The van der Waals surface area contributed by atoms with Crippen LogP contribution in [0, 0.1) is 12.7 Å². The van der Waals surface area contributed by atoms with Crippen LogP contribution >= 0.6 is 0 Å². The van der Waals surface area contributed by atoms with Gasteiger partial charge in [0.05, 0.1) is 5.69 Å². The first-order valence-corrected chi connectivity index (χ1v) is 11.5. The van der Waals surface area contributed by atoms with Crippen LogP contribution in [-0.2, 0) is 9.59 Å². The fourth-order valence-electron chi connectivity index (χ4n) is 5.41. The van der Waals surface area contributed by atoms with Gasteiger partial charge < -0.3 is 4.90 Å². The fourth-order valence-corrected chi connectivity index (χ4v) is 5.41. The molecule has 1 fully saturated rings. The molecule has 1 saturated heterocycles. The number of nitrogens with zero attached hydrogens (tertiary/aromatic N) is 2. The predicted octanol–water partition coefficient (Wildman–Crippen LogP) is 5.30. The van der Waals surface area contributed by atoms with Crippen LogP contribution in [0.3, 0.4) is 0 Å². The number of anilines is 2. The van der Waals surface area contributed by atoms with Crippen molar-refractivity contribution in [3.8, 4) is 0 Å². The summed E-state index contributed by atoms with van der Waals surface area (Å²) in [6.45, 7) is 13.0. The molecule has 2 aliphatic rings. The quantitative estimate of drug-likeness (QED) is 0.495. The molecule has 2 aromatic rings. The number of benzene rings is 2. The third-order valence-corrected chi connectivity index (χ3v) is 6.65. The van der Waals surface area contributed by atoms with Crippen LogP contribution in [0.1, 0.15) is 63.6 Å². The van der Waals surface area contributed by atoms with Crippen molar-refractivity contribution in [2.45, 2.75) is 65.5 Å². The van der Waals surface area contributed by atoms with E-state index in [4.69, 9.17) is 0 Å². The van der Waals surface area contributed by atoms with Gasteiger partial charge in [0.15, 0.2) is 0 Å². The smallest absolute Gasteiger partial charge is 0.335 e. The van der Waals surface area contributed by atoms with E-state index in [9.17, 15) is 18.8 Å². The highest BCUT2D eigenvalue weighted by Crippen LogP contribution is 2.45. The minimum absolute atomic E-state index is 0.00194. The minimum Gasteiger partial charge on any atom is -0.364 e. The van der Waals surface area contributed by atoms with Crippen LogP contribution in [0.5, 0.6) is 0 Å². The van der Waals surface area contributed by atoms with Gasteiger partial charge in [0.2, 0.25) is 0 Å². The number of hydrogen-bond donors (Lipinski definition) is 1. The molecule has 1 N–H and O–H groups in total. The first-order valence-electron chi connectivity index (χ1n) is 11.5. The van der Waals surface area contributed by atoms with E-state index < -0.39 is 23.7 Å². The molecule has 0 aliphatic carbocycles. The number of hydrogen-bond acceptors (Lipinski definition) is 4. The number of carbonyl (C=O) groups is 3. The second kappa shape index (κ2) is 8.38. The number of barbiturate groups is 1. The second-order valence-corrected chi connectivity index (χ2v) is 10.1. The number of carbonyl (C=O) groups excluding carboxylic acids is 3. The van der Waals surface area contributed by atoms with Gasteiger partial charge in [-0.05, 0) is 100 Å². The summed E-state index contributed by atoms with van der Waals surface area (Å²) in [4.78, 5) is 41.4. The molecule has 0 unspecified atom stereocenters. The third-order valence-electron chi connectivity index (χ3n) is 6.65. The molecule has 2 aliphatic heterocycles. The fraction of sp³-hybridized carbons (Fsp3) is 0.370. The minimum atomic E-state index is -0.900. The highest BCUT2D eigenvalue weighted by Gasteiger charge is 2.39. The van der Waals surface area contributed by atoms with Crippen LogP contribution in [0.15, 0.2) is 42.0 Å². The summed E-state index contributed by atoms with van der Waals surface area (Å²) < 4.78 is 13.7. The van der Waals surface area contributed by atoms with Crippen LogP contribution in [0.4, 0.5) is 20.6 Å². The first kappa shape index (κ1) is 23.7. The summed E-state index contributed by atoms with van der Waals surface area (Å²) >= 11 is 0. The molecular weight excluding hydrogens is 433 g/mol. The lowest BCUT2D eigenvalue weighted by atomic mass is 9.78. The maximum Gasteiger partial charge on any atom is 0.335 e. The Kier molecular flexibility index (Phi) is 5.84. The monoisotopic (exact) mass is 463 g/mol. The molecule has 34 heavy (non-hydrogen) atoms. The Hall–Kier alpha value is -3.48. The molecule has 0 bridgehead atoms. The lowest BCUT2D eigenvalue weighted by molar-refractivity contribution is -0.122. The Morgan fingerprint density at radius 2 is 1.85 bits per heavy atom. The van der Waals surface area contributed by atoms with Crippen LogP contribution in [-0.4, -0.2) is 29.4 Å². The molecule has 2 aromatic carbocycles. The van der Waals surface area contributed by atoms with Crippen molar-refractivity contribution in [1.29, 1.82) is 0 Å². The van der Waals surface area contributed by atoms with Crippen molar-refractivity contribution in [3.63, 3.8) is 0 Å². The zero-order valence-electron chi connectivity index (χ0n) is 20.4. The zero-order chi connectivity index (χ0) is 24.9. The predicted molar refractivity (Wildman–Crippen MR) is 131 cm³/mol. The SMILES string of the molecule is Cc1cc2c(cc1/C=C1\C(=O)NC(=O)N(c3cccc(F)c3)C1=O)[C@@H](C)CC(C)(C)N2C(C)C. The zero-order valence-corrected chi connectivity index (χ0v) is 20.4. The Balaban J connectivity index is 1.79. The molecule has 7 heteroatoms. The number of urea groups is 1.